The Morgan fingerprint density at radius 1 is 0.700 bits per heavy atom. The molecule has 30 heavy (non-hydrogen) atoms. The Labute approximate surface area is 179 Å². The van der Waals surface area contributed by atoms with Gasteiger partial charge in [-0.3, -0.25) is 0 Å². The minimum absolute atomic E-state index is 0.157. The van der Waals surface area contributed by atoms with Crippen molar-refractivity contribution in [2.75, 3.05) is 0 Å². The van der Waals surface area contributed by atoms with Gasteiger partial charge in [-0.25, -0.2) is 0 Å². The number of aromatic nitrogens is 2. The number of hydrogen-bond donors (Lipinski definition) is 6. The number of halogens is 1. The van der Waals surface area contributed by atoms with Gasteiger partial charge in [0.25, 0.3) is 0 Å². The maximum atomic E-state index is 10.2. The van der Waals surface area contributed by atoms with Crippen molar-refractivity contribution in [3.8, 4) is 23.0 Å². The quantitative estimate of drug-likeness (QED) is 0.200. The number of hydrogen-bond acceptors (Lipinski definition) is 4. The smallest absolute Gasteiger partial charge is 0.200 e. The van der Waals surface area contributed by atoms with Crippen LogP contribution in [0, 0.1) is 0 Å². The van der Waals surface area contributed by atoms with Crippen LogP contribution >= 0.6 is 15.9 Å². The number of phenolic OH excluding ortho intramolecular Hbond substituents is 4. The van der Waals surface area contributed by atoms with Crippen LogP contribution in [0.4, 0.5) is 0 Å². The maximum absolute atomic E-state index is 10.2. The lowest BCUT2D eigenvalue weighted by Crippen LogP contribution is -2.02. The van der Waals surface area contributed by atoms with E-state index in [4.69, 9.17) is 0 Å². The molecule has 0 spiro atoms. The van der Waals surface area contributed by atoms with Crippen LogP contribution in [0.2, 0.25) is 0 Å². The monoisotopic (exact) mass is 464 g/mol. The van der Waals surface area contributed by atoms with Gasteiger partial charge in [0.15, 0.2) is 17.2 Å². The van der Waals surface area contributed by atoms with Crippen LogP contribution in [0.15, 0.2) is 65.4 Å². The van der Waals surface area contributed by atoms with Crippen molar-refractivity contribution < 1.29 is 20.4 Å². The summed E-state index contributed by atoms with van der Waals surface area (Å²) < 4.78 is 0.947. The molecule has 0 bridgehead atoms. The van der Waals surface area contributed by atoms with Crippen molar-refractivity contribution in [1.82, 2.24) is 9.97 Å². The van der Waals surface area contributed by atoms with Crippen molar-refractivity contribution in [1.29, 1.82) is 0 Å². The molecule has 0 aliphatic rings. The Morgan fingerprint density at radius 2 is 1.27 bits per heavy atom. The number of fused-ring (bicyclic) bond motifs is 2. The fourth-order valence-electron chi connectivity index (χ4n) is 4.05. The van der Waals surface area contributed by atoms with E-state index in [0.29, 0.717) is 5.56 Å². The minimum Gasteiger partial charge on any atom is -0.508 e. The first-order valence-corrected chi connectivity index (χ1v) is 10.0. The molecule has 2 aromatic heterocycles. The van der Waals surface area contributed by atoms with E-state index in [0.717, 1.165) is 37.4 Å². The van der Waals surface area contributed by atoms with E-state index in [1.54, 1.807) is 12.1 Å². The van der Waals surface area contributed by atoms with Gasteiger partial charge in [-0.05, 0) is 53.1 Å². The zero-order valence-electron chi connectivity index (χ0n) is 15.5. The Kier molecular flexibility index (Phi) is 4.15. The van der Waals surface area contributed by atoms with Crippen LogP contribution in [0.1, 0.15) is 22.6 Å². The van der Waals surface area contributed by atoms with E-state index in [1.165, 1.54) is 12.1 Å². The molecule has 2 heterocycles. The van der Waals surface area contributed by atoms with Crippen LogP contribution in [-0.2, 0) is 0 Å². The number of rotatable bonds is 3. The van der Waals surface area contributed by atoms with Gasteiger partial charge < -0.3 is 30.4 Å². The van der Waals surface area contributed by atoms with E-state index in [2.05, 4.69) is 25.9 Å². The Hall–Kier alpha value is -3.58. The van der Waals surface area contributed by atoms with Gasteiger partial charge in [0.05, 0.1) is 0 Å². The van der Waals surface area contributed by atoms with Crippen molar-refractivity contribution in [3.63, 3.8) is 0 Å². The largest absolute Gasteiger partial charge is 0.508 e. The molecule has 150 valence electrons. The molecule has 5 aromatic rings. The summed E-state index contributed by atoms with van der Waals surface area (Å²) in [5.41, 5.74) is 4.16. The summed E-state index contributed by atoms with van der Waals surface area (Å²) in [6, 6.07) is 13.9. The summed E-state index contributed by atoms with van der Waals surface area (Å²) in [5, 5.41) is 41.9. The molecule has 0 aliphatic carbocycles. The fraction of sp³-hybridized carbons (Fsp3) is 0.0435. The molecular formula is C23H17BrN2O4. The van der Waals surface area contributed by atoms with Gasteiger partial charge in [-0.15, -0.1) is 0 Å². The van der Waals surface area contributed by atoms with Gasteiger partial charge in [-0.2, -0.15) is 0 Å². The number of phenols is 4. The molecule has 0 radical (unpaired) electrons. The molecule has 3 aromatic carbocycles. The summed E-state index contributed by atoms with van der Waals surface area (Å²) in [6.07, 6.45) is 3.76. The average Bonchev–Trinajstić information content (AvgIpc) is 3.30. The van der Waals surface area contributed by atoms with Gasteiger partial charge >= 0.3 is 0 Å². The molecular weight excluding hydrogens is 448 g/mol. The fourth-order valence-corrected chi connectivity index (χ4v) is 4.41. The van der Waals surface area contributed by atoms with Crippen molar-refractivity contribution >= 4 is 37.7 Å². The Balaban J connectivity index is 1.81. The number of aromatic amines is 2. The lowest BCUT2D eigenvalue weighted by molar-refractivity contribution is 0.367. The molecule has 6 nitrogen and oxygen atoms in total. The molecule has 0 saturated heterocycles. The second-order valence-corrected chi connectivity index (χ2v) is 8.16. The number of aromatic hydroxyl groups is 4. The summed E-state index contributed by atoms with van der Waals surface area (Å²) in [4.78, 5) is 6.47. The van der Waals surface area contributed by atoms with Gasteiger partial charge in [0.2, 0.25) is 0 Å². The van der Waals surface area contributed by atoms with Crippen molar-refractivity contribution in [2.24, 2.45) is 0 Å². The second-order valence-electron chi connectivity index (χ2n) is 7.25. The number of H-pyrrole nitrogens is 2. The lowest BCUT2D eigenvalue weighted by Gasteiger charge is -2.18. The highest BCUT2D eigenvalue weighted by Crippen LogP contribution is 2.44. The van der Waals surface area contributed by atoms with Crippen LogP contribution in [0.5, 0.6) is 23.0 Å². The lowest BCUT2D eigenvalue weighted by atomic mass is 9.84. The molecule has 7 heteroatoms. The zero-order valence-corrected chi connectivity index (χ0v) is 17.1. The third-order valence-corrected chi connectivity index (χ3v) is 5.91. The highest BCUT2D eigenvalue weighted by molar-refractivity contribution is 9.10. The highest BCUT2D eigenvalue weighted by atomic mass is 79.9. The first-order chi connectivity index (χ1) is 14.4. The van der Waals surface area contributed by atoms with E-state index in [-0.39, 0.29) is 11.7 Å². The topological polar surface area (TPSA) is 112 Å². The summed E-state index contributed by atoms with van der Waals surface area (Å²) >= 11 is 3.49. The predicted octanol–water partition coefficient (Wildman–Crippen LogP) is 5.41. The Morgan fingerprint density at radius 3 is 1.90 bits per heavy atom. The van der Waals surface area contributed by atoms with Gasteiger partial charge in [0, 0.05) is 50.7 Å². The van der Waals surface area contributed by atoms with Crippen LogP contribution in [0.3, 0.4) is 0 Å². The molecule has 0 aliphatic heterocycles. The zero-order chi connectivity index (χ0) is 21.0. The van der Waals surface area contributed by atoms with Crippen LogP contribution in [0.25, 0.3) is 21.8 Å². The number of benzene rings is 3. The van der Waals surface area contributed by atoms with E-state index < -0.39 is 17.2 Å². The molecule has 6 N–H and O–H groups in total. The SMILES string of the molecule is Oc1ccc2c(C(c3cc(O)c(O)c(O)c3)c3c[nH]c4cc(Br)ccc34)c[nH]c2c1. The van der Waals surface area contributed by atoms with Crippen molar-refractivity contribution in [3.05, 3.63) is 82.1 Å². The molecule has 0 saturated carbocycles. The predicted molar refractivity (Wildman–Crippen MR) is 118 cm³/mol. The van der Waals surface area contributed by atoms with Crippen LogP contribution in [-0.4, -0.2) is 30.4 Å². The molecule has 1 unspecified atom stereocenters. The Bertz CT molecular complexity index is 1320. The average molecular weight is 465 g/mol. The molecule has 1 atom stereocenters. The van der Waals surface area contributed by atoms with E-state index >= 15 is 0 Å². The van der Waals surface area contributed by atoms with Crippen LogP contribution < -0.4 is 0 Å². The highest BCUT2D eigenvalue weighted by Gasteiger charge is 2.25. The number of nitrogens with one attached hydrogen (secondary N) is 2. The van der Waals surface area contributed by atoms with E-state index in [9.17, 15) is 20.4 Å². The third kappa shape index (κ3) is 2.86. The standard InChI is InChI=1S/C23H17BrN2O4/c24-12-1-3-14-16(9-25-18(14)7-12)22(11-5-20(28)23(30)21(29)6-11)17-10-26-19-8-13(27)2-4-15(17)19/h1-10,22,25-30H. The first kappa shape index (κ1) is 18.4. The minimum atomic E-state index is -0.552. The third-order valence-electron chi connectivity index (χ3n) is 5.42. The van der Waals surface area contributed by atoms with Crippen molar-refractivity contribution in [2.45, 2.75) is 5.92 Å². The van der Waals surface area contributed by atoms with Gasteiger partial charge in [-0.1, -0.05) is 22.0 Å². The summed E-state index contributed by atoms with van der Waals surface area (Å²) in [7, 11) is 0. The molecule has 0 fully saturated rings. The summed E-state index contributed by atoms with van der Waals surface area (Å²) in [5.74, 6) is -1.55. The second kappa shape index (κ2) is 6.74. The van der Waals surface area contributed by atoms with Gasteiger partial charge in [0.1, 0.15) is 5.75 Å². The molecule has 5 rings (SSSR count). The molecule has 0 amide bonds. The first-order valence-electron chi connectivity index (χ1n) is 9.23. The van der Waals surface area contributed by atoms with E-state index in [1.807, 2.05) is 36.7 Å². The normalized spacial score (nSPS) is 12.6. The maximum Gasteiger partial charge on any atom is 0.200 e. The summed E-state index contributed by atoms with van der Waals surface area (Å²) in [6.45, 7) is 0.